The van der Waals surface area contributed by atoms with E-state index >= 15 is 0 Å². The first-order valence-corrected chi connectivity index (χ1v) is 11.7. The molecule has 3 aliphatic rings. The molecule has 170 valence electrons. The summed E-state index contributed by atoms with van der Waals surface area (Å²) in [5, 5.41) is 0. The van der Waals surface area contributed by atoms with Gasteiger partial charge in [-0.15, -0.1) is 0 Å². The molecule has 0 unspecified atom stereocenters. The van der Waals surface area contributed by atoms with E-state index in [0.717, 1.165) is 62.0 Å². The lowest BCUT2D eigenvalue weighted by atomic mass is 9.78. The van der Waals surface area contributed by atoms with Gasteiger partial charge in [0, 0.05) is 68.7 Å². The first-order valence-electron chi connectivity index (χ1n) is 11.7. The zero-order valence-corrected chi connectivity index (χ0v) is 19.0. The molecule has 2 aromatic heterocycles. The monoisotopic (exact) mass is 436 g/mol. The molecular weight excluding hydrogens is 404 g/mol. The summed E-state index contributed by atoms with van der Waals surface area (Å²) in [4.78, 5) is 32.5. The number of hydrogen-bond acceptors (Lipinski definition) is 7. The molecule has 1 amide bonds. The lowest BCUT2D eigenvalue weighted by molar-refractivity contribution is -0.00294. The Hall–Kier alpha value is -2.74. The summed E-state index contributed by atoms with van der Waals surface area (Å²) in [5.74, 6) is 0.999. The Labute approximate surface area is 189 Å². The van der Waals surface area contributed by atoms with Crippen LogP contribution in [0.5, 0.6) is 0 Å². The maximum Gasteiger partial charge on any atom is 0.409 e. The first kappa shape index (κ1) is 21.1. The number of carbonyl (C=O) groups excluding carboxylic acids is 1. The number of rotatable bonds is 4. The third kappa shape index (κ3) is 4.03. The number of likely N-dealkylation sites (tertiary alicyclic amines) is 1. The highest BCUT2D eigenvalue weighted by Crippen LogP contribution is 2.47. The van der Waals surface area contributed by atoms with E-state index in [4.69, 9.17) is 9.72 Å². The van der Waals surface area contributed by atoms with E-state index in [0.29, 0.717) is 18.1 Å². The first-order chi connectivity index (χ1) is 15.6. The Balaban J connectivity index is 1.19. The second-order valence-electron chi connectivity index (χ2n) is 9.39. The van der Waals surface area contributed by atoms with Crippen LogP contribution < -0.4 is 4.90 Å². The highest BCUT2D eigenvalue weighted by Gasteiger charge is 2.51. The number of pyridine rings is 1. The summed E-state index contributed by atoms with van der Waals surface area (Å²) in [5.41, 5.74) is 3.15. The van der Waals surface area contributed by atoms with Crippen molar-refractivity contribution < 1.29 is 9.53 Å². The van der Waals surface area contributed by atoms with Crippen molar-refractivity contribution in [3.05, 3.63) is 36.4 Å². The van der Waals surface area contributed by atoms with Gasteiger partial charge in [-0.3, -0.25) is 9.88 Å². The van der Waals surface area contributed by atoms with E-state index in [-0.39, 0.29) is 6.09 Å². The molecular formula is C24H32N6O2. The molecule has 0 N–H and O–H groups in total. The maximum absolute atomic E-state index is 11.9. The van der Waals surface area contributed by atoms with Gasteiger partial charge in [-0.2, -0.15) is 0 Å². The van der Waals surface area contributed by atoms with Crippen molar-refractivity contribution in [2.45, 2.75) is 39.2 Å². The average Bonchev–Trinajstić information content (AvgIpc) is 3.24. The van der Waals surface area contributed by atoms with Crippen LogP contribution in [0, 0.1) is 12.3 Å². The minimum absolute atomic E-state index is 0.153. The van der Waals surface area contributed by atoms with Gasteiger partial charge in [0.25, 0.3) is 0 Å². The fraction of sp³-hybridized carbons (Fsp3) is 0.583. The lowest BCUT2D eigenvalue weighted by Crippen LogP contribution is -2.58. The van der Waals surface area contributed by atoms with Crippen molar-refractivity contribution in [2.24, 2.45) is 5.41 Å². The van der Waals surface area contributed by atoms with E-state index in [2.05, 4.69) is 25.8 Å². The zero-order chi connectivity index (χ0) is 22.1. The van der Waals surface area contributed by atoms with Gasteiger partial charge in [-0.05, 0) is 45.2 Å². The van der Waals surface area contributed by atoms with Gasteiger partial charge in [0.2, 0.25) is 0 Å². The normalized spacial score (nSPS) is 22.8. The highest BCUT2D eigenvalue weighted by atomic mass is 16.6. The Morgan fingerprint density at radius 2 is 2.03 bits per heavy atom. The van der Waals surface area contributed by atoms with Gasteiger partial charge in [0.05, 0.1) is 24.2 Å². The molecule has 3 fully saturated rings. The Kier molecular flexibility index (Phi) is 5.71. The van der Waals surface area contributed by atoms with Crippen LogP contribution in [0.3, 0.4) is 0 Å². The van der Waals surface area contributed by atoms with Crippen molar-refractivity contribution in [1.82, 2.24) is 24.8 Å². The SMILES string of the molecule is CCOC(=O)N1CC2(CC[C@@H](N3CCN(c4ncccc4-c4cncc(C)n4)CC3)C2)C1. The number of carbonyl (C=O) groups is 1. The van der Waals surface area contributed by atoms with Crippen LogP contribution in [0.1, 0.15) is 31.9 Å². The third-order valence-corrected chi connectivity index (χ3v) is 7.20. The van der Waals surface area contributed by atoms with Crippen molar-refractivity contribution in [2.75, 3.05) is 50.8 Å². The number of amides is 1. The standard InChI is InChI=1S/C24H32N6O2/c1-3-32-23(31)30-16-24(17-30)7-6-19(13-24)28-9-11-29(12-10-28)22-20(5-4-8-26-22)21-15-25-14-18(2)27-21/h4-5,8,14-15,19H,3,6-7,9-13,16-17H2,1-2H3/t19-/m1/s1. The van der Waals surface area contributed by atoms with Crippen molar-refractivity contribution in [3.8, 4) is 11.3 Å². The Morgan fingerprint density at radius 3 is 2.78 bits per heavy atom. The van der Waals surface area contributed by atoms with Gasteiger partial charge in [0.1, 0.15) is 5.82 Å². The minimum atomic E-state index is -0.153. The van der Waals surface area contributed by atoms with E-state index in [1.54, 1.807) is 6.20 Å². The topological polar surface area (TPSA) is 74.7 Å². The van der Waals surface area contributed by atoms with Crippen LogP contribution in [0.15, 0.2) is 30.7 Å². The summed E-state index contributed by atoms with van der Waals surface area (Å²) in [6.45, 7) is 9.99. The molecule has 4 heterocycles. The van der Waals surface area contributed by atoms with E-state index in [1.807, 2.05) is 37.2 Å². The molecule has 2 aromatic rings. The number of anilines is 1. The van der Waals surface area contributed by atoms with Crippen LogP contribution in [0.2, 0.25) is 0 Å². The molecule has 8 nitrogen and oxygen atoms in total. The Morgan fingerprint density at radius 1 is 1.22 bits per heavy atom. The summed E-state index contributed by atoms with van der Waals surface area (Å²) in [6.07, 6.45) is 8.94. The van der Waals surface area contributed by atoms with E-state index < -0.39 is 0 Å². The number of hydrogen-bond donors (Lipinski definition) is 0. The van der Waals surface area contributed by atoms with Gasteiger partial charge in [-0.1, -0.05) is 0 Å². The molecule has 1 spiro atoms. The average molecular weight is 437 g/mol. The minimum Gasteiger partial charge on any atom is -0.450 e. The molecule has 0 bridgehead atoms. The molecule has 1 atom stereocenters. The summed E-state index contributed by atoms with van der Waals surface area (Å²) in [7, 11) is 0. The molecule has 1 saturated carbocycles. The lowest BCUT2D eigenvalue weighted by Gasteiger charge is -2.48. The Bertz CT molecular complexity index is 968. The fourth-order valence-electron chi connectivity index (χ4n) is 5.62. The zero-order valence-electron chi connectivity index (χ0n) is 19.0. The quantitative estimate of drug-likeness (QED) is 0.729. The maximum atomic E-state index is 11.9. The summed E-state index contributed by atoms with van der Waals surface area (Å²) >= 11 is 0. The number of ether oxygens (including phenoxy) is 1. The van der Waals surface area contributed by atoms with E-state index in [9.17, 15) is 4.79 Å². The van der Waals surface area contributed by atoms with Crippen LogP contribution in [0.4, 0.5) is 10.6 Å². The van der Waals surface area contributed by atoms with E-state index in [1.165, 1.54) is 19.3 Å². The van der Waals surface area contributed by atoms with Gasteiger partial charge < -0.3 is 14.5 Å². The number of piperazine rings is 1. The van der Waals surface area contributed by atoms with Crippen molar-refractivity contribution >= 4 is 11.9 Å². The van der Waals surface area contributed by atoms with Crippen LogP contribution in [-0.4, -0.2) is 82.8 Å². The number of aryl methyl sites for hydroxylation is 1. The molecule has 8 heteroatoms. The number of aromatic nitrogens is 3. The molecule has 2 saturated heterocycles. The second kappa shape index (κ2) is 8.65. The van der Waals surface area contributed by atoms with Gasteiger partial charge in [0.15, 0.2) is 0 Å². The molecule has 5 rings (SSSR count). The predicted molar refractivity (Wildman–Crippen MR) is 122 cm³/mol. The van der Waals surface area contributed by atoms with Crippen LogP contribution in [0.25, 0.3) is 11.3 Å². The molecule has 1 aliphatic carbocycles. The molecule has 0 radical (unpaired) electrons. The fourth-order valence-corrected chi connectivity index (χ4v) is 5.62. The van der Waals surface area contributed by atoms with Crippen molar-refractivity contribution in [1.29, 1.82) is 0 Å². The molecule has 0 aromatic carbocycles. The number of nitrogens with zero attached hydrogens (tertiary/aromatic N) is 6. The molecule has 2 aliphatic heterocycles. The van der Waals surface area contributed by atoms with Gasteiger partial charge >= 0.3 is 6.09 Å². The third-order valence-electron chi connectivity index (χ3n) is 7.20. The van der Waals surface area contributed by atoms with Crippen molar-refractivity contribution in [3.63, 3.8) is 0 Å². The highest BCUT2D eigenvalue weighted by molar-refractivity contribution is 5.73. The van der Waals surface area contributed by atoms with Crippen LogP contribution >= 0.6 is 0 Å². The smallest absolute Gasteiger partial charge is 0.409 e. The summed E-state index contributed by atoms with van der Waals surface area (Å²) in [6, 6.07) is 4.67. The van der Waals surface area contributed by atoms with Crippen LogP contribution in [-0.2, 0) is 4.74 Å². The predicted octanol–water partition coefficient (Wildman–Crippen LogP) is 2.98. The van der Waals surface area contributed by atoms with Gasteiger partial charge in [-0.25, -0.2) is 14.8 Å². The molecule has 32 heavy (non-hydrogen) atoms. The second-order valence-corrected chi connectivity index (χ2v) is 9.39. The summed E-state index contributed by atoms with van der Waals surface area (Å²) < 4.78 is 5.15. The largest absolute Gasteiger partial charge is 0.450 e.